The predicted octanol–water partition coefficient (Wildman–Crippen LogP) is -0.717. The topological polar surface area (TPSA) is 102 Å². The summed E-state index contributed by atoms with van der Waals surface area (Å²) in [5, 5.41) is 2.59. The van der Waals surface area contributed by atoms with Crippen molar-refractivity contribution in [2.24, 2.45) is 5.73 Å². The Kier molecular flexibility index (Phi) is 11.1. The Hall–Kier alpha value is -1.34. The summed E-state index contributed by atoms with van der Waals surface area (Å²) in [6.07, 6.45) is 0.303. The molecular formula is C11H22ClN3O4. The number of hydrogen-bond acceptors (Lipinski definition) is 5. The zero-order chi connectivity index (χ0) is 14.1. The minimum atomic E-state index is -0.809. The monoisotopic (exact) mass is 295 g/mol. The van der Waals surface area contributed by atoms with Gasteiger partial charge >= 0.3 is 5.97 Å². The molecule has 7 nitrogen and oxygen atoms in total. The first-order valence-corrected chi connectivity index (χ1v) is 5.76. The van der Waals surface area contributed by atoms with Gasteiger partial charge in [-0.15, -0.1) is 12.4 Å². The first-order chi connectivity index (χ1) is 8.42. The minimum absolute atomic E-state index is 0. The molecule has 0 radical (unpaired) electrons. The lowest BCUT2D eigenvalue weighted by molar-refractivity contribution is -0.142. The normalized spacial score (nSPS) is 10.9. The number of rotatable bonds is 7. The smallest absolute Gasteiger partial charge is 0.322 e. The number of likely N-dealkylation sites (N-methyl/N-ethyl adjacent to an activating group) is 2. The van der Waals surface area contributed by atoms with E-state index in [1.54, 1.807) is 6.92 Å². The maximum atomic E-state index is 11.6. The third kappa shape index (κ3) is 8.39. The van der Waals surface area contributed by atoms with E-state index in [1.165, 1.54) is 19.1 Å². The summed E-state index contributed by atoms with van der Waals surface area (Å²) in [7, 11) is 2.77. The Morgan fingerprint density at radius 1 is 1.37 bits per heavy atom. The predicted molar refractivity (Wildman–Crippen MR) is 72.8 cm³/mol. The molecule has 0 saturated heterocycles. The Bertz CT molecular complexity index is 312. The summed E-state index contributed by atoms with van der Waals surface area (Å²) >= 11 is 0. The van der Waals surface area contributed by atoms with Crippen LogP contribution in [0.5, 0.6) is 0 Å². The number of hydrogen-bond donors (Lipinski definition) is 2. The Morgan fingerprint density at radius 2 is 1.95 bits per heavy atom. The van der Waals surface area contributed by atoms with Crippen molar-refractivity contribution in [1.29, 1.82) is 0 Å². The van der Waals surface area contributed by atoms with Crippen LogP contribution in [0.25, 0.3) is 0 Å². The maximum absolute atomic E-state index is 11.6. The third-order valence-corrected chi connectivity index (χ3v) is 2.35. The molecule has 0 unspecified atom stereocenters. The van der Waals surface area contributed by atoms with Crippen molar-refractivity contribution in [3.8, 4) is 0 Å². The van der Waals surface area contributed by atoms with Gasteiger partial charge in [-0.2, -0.15) is 0 Å². The molecule has 0 aliphatic carbocycles. The third-order valence-electron chi connectivity index (χ3n) is 2.35. The lowest BCUT2D eigenvalue weighted by atomic mass is 10.1. The van der Waals surface area contributed by atoms with E-state index in [4.69, 9.17) is 5.73 Å². The zero-order valence-corrected chi connectivity index (χ0v) is 12.3. The number of nitrogens with one attached hydrogen (secondary N) is 1. The number of esters is 1. The standard InChI is InChI=1S/C11H21N3O4.ClH/c1-4-13-9(15)7-14(2)10(16)6-5-8(12)11(17)18-3;/h8H,4-7,12H2,1-3H3,(H,13,15);1H/t8-;/m0./s1. The van der Waals surface area contributed by atoms with Crippen LogP contribution in [0, 0.1) is 0 Å². The van der Waals surface area contributed by atoms with E-state index >= 15 is 0 Å². The van der Waals surface area contributed by atoms with Crippen molar-refractivity contribution >= 4 is 30.2 Å². The van der Waals surface area contributed by atoms with Gasteiger partial charge in [0.05, 0.1) is 13.7 Å². The van der Waals surface area contributed by atoms with E-state index in [1.807, 2.05) is 0 Å². The van der Waals surface area contributed by atoms with Gasteiger partial charge in [0.2, 0.25) is 11.8 Å². The van der Waals surface area contributed by atoms with E-state index in [2.05, 4.69) is 10.1 Å². The first kappa shape index (κ1) is 20.0. The quantitative estimate of drug-likeness (QED) is 0.604. The molecule has 1 atom stereocenters. The molecule has 112 valence electrons. The first-order valence-electron chi connectivity index (χ1n) is 5.76. The lowest BCUT2D eigenvalue weighted by Crippen LogP contribution is -2.39. The van der Waals surface area contributed by atoms with E-state index in [9.17, 15) is 14.4 Å². The number of carbonyl (C=O) groups is 3. The molecule has 0 aromatic carbocycles. The van der Waals surface area contributed by atoms with Gasteiger partial charge in [0.1, 0.15) is 6.04 Å². The molecule has 0 fully saturated rings. The van der Waals surface area contributed by atoms with Gasteiger partial charge in [0.25, 0.3) is 0 Å². The molecule has 0 rings (SSSR count). The Labute approximate surface area is 119 Å². The summed E-state index contributed by atoms with van der Waals surface area (Å²) in [6.45, 7) is 2.32. The second-order valence-electron chi connectivity index (χ2n) is 3.87. The number of methoxy groups -OCH3 is 1. The van der Waals surface area contributed by atoms with E-state index in [-0.39, 0.29) is 43.6 Å². The molecule has 0 heterocycles. The fourth-order valence-electron chi connectivity index (χ4n) is 1.30. The minimum Gasteiger partial charge on any atom is -0.468 e. The van der Waals surface area contributed by atoms with Crippen LogP contribution in [0.2, 0.25) is 0 Å². The van der Waals surface area contributed by atoms with E-state index < -0.39 is 12.0 Å². The molecule has 19 heavy (non-hydrogen) atoms. The fourth-order valence-corrected chi connectivity index (χ4v) is 1.30. The number of nitrogens with two attached hydrogens (primary N) is 1. The van der Waals surface area contributed by atoms with Crippen LogP contribution in [0.3, 0.4) is 0 Å². The second kappa shape index (κ2) is 10.6. The molecule has 3 N–H and O–H groups in total. The van der Waals surface area contributed by atoms with E-state index in [0.29, 0.717) is 6.54 Å². The average Bonchev–Trinajstić information content (AvgIpc) is 2.34. The van der Waals surface area contributed by atoms with Crippen molar-refractivity contribution in [2.75, 3.05) is 27.2 Å². The van der Waals surface area contributed by atoms with Gasteiger partial charge in [0, 0.05) is 20.0 Å². The largest absolute Gasteiger partial charge is 0.468 e. The van der Waals surface area contributed by atoms with Crippen LogP contribution in [-0.4, -0.2) is 56.0 Å². The van der Waals surface area contributed by atoms with Gasteiger partial charge in [-0.25, -0.2) is 0 Å². The molecule has 0 spiro atoms. The van der Waals surface area contributed by atoms with Gasteiger partial charge in [-0.3, -0.25) is 14.4 Å². The molecule has 0 aromatic heterocycles. The van der Waals surface area contributed by atoms with Gasteiger partial charge in [-0.05, 0) is 13.3 Å². The van der Waals surface area contributed by atoms with Crippen LogP contribution in [0.1, 0.15) is 19.8 Å². The molecule has 8 heteroatoms. The molecule has 0 aromatic rings. The van der Waals surface area contributed by atoms with E-state index in [0.717, 1.165) is 0 Å². The number of halogens is 1. The molecule has 0 aliphatic rings. The second-order valence-corrected chi connectivity index (χ2v) is 3.87. The SMILES string of the molecule is CCNC(=O)CN(C)C(=O)CC[C@H](N)C(=O)OC.Cl. The van der Waals surface area contributed by atoms with Crippen LogP contribution in [0.15, 0.2) is 0 Å². The zero-order valence-electron chi connectivity index (χ0n) is 11.5. The molecule has 0 aliphatic heterocycles. The van der Waals surface area contributed by atoms with Gasteiger partial charge < -0.3 is 20.7 Å². The highest BCUT2D eigenvalue weighted by atomic mass is 35.5. The summed E-state index contributed by atoms with van der Waals surface area (Å²) in [6, 6.07) is -0.809. The number of ether oxygens (including phenoxy) is 1. The van der Waals surface area contributed by atoms with Crippen LogP contribution >= 0.6 is 12.4 Å². The molecular weight excluding hydrogens is 274 g/mol. The maximum Gasteiger partial charge on any atom is 0.322 e. The number of carbonyl (C=O) groups excluding carboxylic acids is 3. The molecule has 2 amide bonds. The fraction of sp³-hybridized carbons (Fsp3) is 0.727. The highest BCUT2D eigenvalue weighted by Gasteiger charge is 2.18. The Morgan fingerprint density at radius 3 is 2.42 bits per heavy atom. The highest BCUT2D eigenvalue weighted by molar-refractivity contribution is 5.85. The van der Waals surface area contributed by atoms with Gasteiger partial charge in [-0.1, -0.05) is 0 Å². The van der Waals surface area contributed by atoms with Crippen LogP contribution < -0.4 is 11.1 Å². The van der Waals surface area contributed by atoms with Crippen molar-refractivity contribution in [3.63, 3.8) is 0 Å². The molecule has 0 saturated carbocycles. The van der Waals surface area contributed by atoms with Crippen molar-refractivity contribution in [2.45, 2.75) is 25.8 Å². The van der Waals surface area contributed by atoms with Crippen molar-refractivity contribution in [3.05, 3.63) is 0 Å². The summed E-state index contributed by atoms with van der Waals surface area (Å²) in [4.78, 5) is 35.2. The van der Waals surface area contributed by atoms with Crippen molar-refractivity contribution in [1.82, 2.24) is 10.2 Å². The summed E-state index contributed by atoms with van der Waals surface area (Å²) < 4.78 is 4.45. The average molecular weight is 296 g/mol. The number of amides is 2. The van der Waals surface area contributed by atoms with Crippen LogP contribution in [0.4, 0.5) is 0 Å². The highest BCUT2D eigenvalue weighted by Crippen LogP contribution is 2.00. The summed E-state index contributed by atoms with van der Waals surface area (Å²) in [5.74, 6) is -1.000. The number of nitrogens with zero attached hydrogens (tertiary/aromatic N) is 1. The Balaban J connectivity index is 0. The lowest BCUT2D eigenvalue weighted by Gasteiger charge is -2.17. The summed E-state index contributed by atoms with van der Waals surface area (Å²) in [5.41, 5.74) is 5.50. The molecule has 0 bridgehead atoms. The van der Waals surface area contributed by atoms with Gasteiger partial charge in [0.15, 0.2) is 0 Å². The van der Waals surface area contributed by atoms with Crippen LogP contribution in [-0.2, 0) is 19.1 Å². The van der Waals surface area contributed by atoms with Crippen molar-refractivity contribution < 1.29 is 19.1 Å².